The molecule has 0 unspecified atom stereocenters. The third-order valence-corrected chi connectivity index (χ3v) is 3.68. The normalized spacial score (nSPS) is 14.1. The smallest absolute Gasteiger partial charge is 0.146 e. The number of halogens is 1. The van der Waals surface area contributed by atoms with Crippen molar-refractivity contribution in [2.24, 2.45) is 0 Å². The number of ether oxygens (including phenoxy) is 1. The van der Waals surface area contributed by atoms with E-state index in [9.17, 15) is 4.39 Å². The molecule has 1 aliphatic rings. The molecule has 0 aromatic heterocycles. The SMILES string of the molecule is COc1ccc(F)c(NCc2ccc(C3CC3)cc2)c1. The van der Waals surface area contributed by atoms with Gasteiger partial charge in [0.05, 0.1) is 12.8 Å². The van der Waals surface area contributed by atoms with Gasteiger partial charge in [-0.2, -0.15) is 0 Å². The van der Waals surface area contributed by atoms with E-state index in [0.29, 0.717) is 18.0 Å². The molecule has 0 bridgehead atoms. The Hall–Kier alpha value is -2.03. The van der Waals surface area contributed by atoms with Gasteiger partial charge in [-0.15, -0.1) is 0 Å². The lowest BCUT2D eigenvalue weighted by Crippen LogP contribution is -2.02. The van der Waals surface area contributed by atoms with Crippen molar-refractivity contribution in [3.8, 4) is 5.75 Å². The molecule has 1 N–H and O–H groups in total. The van der Waals surface area contributed by atoms with Crippen LogP contribution in [0.4, 0.5) is 10.1 Å². The molecule has 3 heteroatoms. The molecule has 0 aliphatic heterocycles. The molecule has 0 atom stereocenters. The molecule has 2 aromatic rings. The van der Waals surface area contributed by atoms with E-state index in [4.69, 9.17) is 4.74 Å². The lowest BCUT2D eigenvalue weighted by Gasteiger charge is -2.10. The highest BCUT2D eigenvalue weighted by Gasteiger charge is 2.22. The molecule has 3 rings (SSSR count). The second kappa shape index (κ2) is 5.53. The summed E-state index contributed by atoms with van der Waals surface area (Å²) in [6, 6.07) is 13.3. The van der Waals surface area contributed by atoms with Crippen LogP contribution in [0.25, 0.3) is 0 Å². The van der Waals surface area contributed by atoms with Gasteiger partial charge in [0.2, 0.25) is 0 Å². The van der Waals surface area contributed by atoms with Crippen LogP contribution in [0.1, 0.15) is 29.9 Å². The van der Waals surface area contributed by atoms with Gasteiger partial charge < -0.3 is 10.1 Å². The summed E-state index contributed by atoms with van der Waals surface area (Å²) in [6.07, 6.45) is 2.62. The Kier molecular flexibility index (Phi) is 3.59. The number of anilines is 1. The van der Waals surface area contributed by atoms with E-state index in [1.165, 1.54) is 24.5 Å². The number of benzene rings is 2. The average molecular weight is 271 g/mol. The third-order valence-electron chi connectivity index (χ3n) is 3.68. The van der Waals surface area contributed by atoms with Gasteiger partial charge in [0, 0.05) is 12.6 Å². The molecule has 0 saturated heterocycles. The van der Waals surface area contributed by atoms with Gasteiger partial charge in [0.15, 0.2) is 0 Å². The fourth-order valence-electron chi connectivity index (χ4n) is 2.29. The van der Waals surface area contributed by atoms with E-state index < -0.39 is 0 Å². The molecule has 0 spiro atoms. The van der Waals surface area contributed by atoms with Crippen molar-refractivity contribution < 1.29 is 9.13 Å². The number of nitrogens with one attached hydrogen (secondary N) is 1. The summed E-state index contributed by atoms with van der Waals surface area (Å²) in [7, 11) is 1.58. The standard InChI is InChI=1S/C17H18FNO/c1-20-15-8-9-16(18)17(10-15)19-11-12-2-4-13(5-3-12)14-6-7-14/h2-5,8-10,14,19H,6-7,11H2,1H3. The van der Waals surface area contributed by atoms with Crippen molar-refractivity contribution in [2.45, 2.75) is 25.3 Å². The van der Waals surface area contributed by atoms with Crippen LogP contribution in [0.3, 0.4) is 0 Å². The maximum atomic E-state index is 13.7. The minimum atomic E-state index is -0.264. The Morgan fingerprint density at radius 2 is 1.90 bits per heavy atom. The summed E-state index contributed by atoms with van der Waals surface area (Å²) in [6.45, 7) is 0.606. The minimum absolute atomic E-state index is 0.264. The van der Waals surface area contributed by atoms with Crippen molar-refractivity contribution in [3.63, 3.8) is 0 Å². The zero-order chi connectivity index (χ0) is 13.9. The first kappa shape index (κ1) is 13.0. The van der Waals surface area contributed by atoms with Crippen LogP contribution >= 0.6 is 0 Å². The summed E-state index contributed by atoms with van der Waals surface area (Å²) >= 11 is 0. The fraction of sp³-hybridized carbons (Fsp3) is 0.294. The first-order valence-corrected chi connectivity index (χ1v) is 6.92. The molecular weight excluding hydrogens is 253 g/mol. The van der Waals surface area contributed by atoms with E-state index in [0.717, 1.165) is 11.5 Å². The Morgan fingerprint density at radius 1 is 1.15 bits per heavy atom. The Bertz CT molecular complexity index is 590. The van der Waals surface area contributed by atoms with Crippen LogP contribution < -0.4 is 10.1 Å². The van der Waals surface area contributed by atoms with Crippen LogP contribution in [-0.4, -0.2) is 7.11 Å². The summed E-state index contributed by atoms with van der Waals surface area (Å²) in [5, 5.41) is 3.11. The molecule has 1 fully saturated rings. The van der Waals surface area contributed by atoms with E-state index in [1.807, 2.05) is 0 Å². The number of rotatable bonds is 5. The van der Waals surface area contributed by atoms with Crippen molar-refractivity contribution in [1.82, 2.24) is 0 Å². The maximum absolute atomic E-state index is 13.7. The van der Waals surface area contributed by atoms with Crippen molar-refractivity contribution in [3.05, 3.63) is 59.4 Å². The van der Waals surface area contributed by atoms with E-state index >= 15 is 0 Å². The van der Waals surface area contributed by atoms with Crippen LogP contribution in [-0.2, 0) is 6.54 Å². The molecule has 2 aromatic carbocycles. The Balaban J connectivity index is 1.66. The first-order valence-electron chi connectivity index (χ1n) is 6.92. The van der Waals surface area contributed by atoms with Crippen LogP contribution in [0, 0.1) is 5.82 Å². The monoisotopic (exact) mass is 271 g/mol. The number of methoxy groups -OCH3 is 1. The summed E-state index contributed by atoms with van der Waals surface area (Å²) < 4.78 is 18.8. The van der Waals surface area contributed by atoms with Crippen LogP contribution in [0.15, 0.2) is 42.5 Å². The molecule has 0 amide bonds. The lowest BCUT2D eigenvalue weighted by atomic mass is 10.1. The minimum Gasteiger partial charge on any atom is -0.497 e. The highest BCUT2D eigenvalue weighted by atomic mass is 19.1. The van der Waals surface area contributed by atoms with Crippen molar-refractivity contribution >= 4 is 5.69 Å². The second-order valence-corrected chi connectivity index (χ2v) is 5.22. The lowest BCUT2D eigenvalue weighted by molar-refractivity contribution is 0.414. The highest BCUT2D eigenvalue weighted by molar-refractivity contribution is 5.50. The van der Waals surface area contributed by atoms with Gasteiger partial charge in [0.1, 0.15) is 11.6 Å². The highest BCUT2D eigenvalue weighted by Crippen LogP contribution is 2.39. The van der Waals surface area contributed by atoms with Gasteiger partial charge in [-0.3, -0.25) is 0 Å². The molecule has 20 heavy (non-hydrogen) atoms. The summed E-state index contributed by atoms with van der Waals surface area (Å²) in [5.74, 6) is 1.16. The zero-order valence-corrected chi connectivity index (χ0v) is 11.5. The molecular formula is C17H18FNO. The Morgan fingerprint density at radius 3 is 2.55 bits per heavy atom. The predicted octanol–water partition coefficient (Wildman–Crippen LogP) is 4.32. The molecule has 0 radical (unpaired) electrons. The van der Waals surface area contributed by atoms with Gasteiger partial charge in [0.25, 0.3) is 0 Å². The molecule has 2 nitrogen and oxygen atoms in total. The van der Waals surface area contributed by atoms with Crippen molar-refractivity contribution in [2.75, 3.05) is 12.4 Å². The van der Waals surface area contributed by atoms with E-state index in [-0.39, 0.29) is 5.82 Å². The van der Waals surface area contributed by atoms with Gasteiger partial charge in [-0.05, 0) is 42.0 Å². The first-order chi connectivity index (χ1) is 9.76. The second-order valence-electron chi connectivity index (χ2n) is 5.22. The third kappa shape index (κ3) is 2.93. The number of hydrogen-bond donors (Lipinski definition) is 1. The topological polar surface area (TPSA) is 21.3 Å². The van der Waals surface area contributed by atoms with E-state index in [2.05, 4.69) is 29.6 Å². The quantitative estimate of drug-likeness (QED) is 0.874. The summed E-state index contributed by atoms with van der Waals surface area (Å²) in [5.41, 5.74) is 3.04. The van der Waals surface area contributed by atoms with Crippen molar-refractivity contribution in [1.29, 1.82) is 0 Å². The molecule has 104 valence electrons. The maximum Gasteiger partial charge on any atom is 0.146 e. The van der Waals surface area contributed by atoms with Crippen LogP contribution in [0.5, 0.6) is 5.75 Å². The van der Waals surface area contributed by atoms with Gasteiger partial charge >= 0.3 is 0 Å². The van der Waals surface area contributed by atoms with Gasteiger partial charge in [-0.1, -0.05) is 24.3 Å². The van der Waals surface area contributed by atoms with E-state index in [1.54, 1.807) is 19.2 Å². The summed E-state index contributed by atoms with van der Waals surface area (Å²) in [4.78, 5) is 0. The Labute approximate surface area is 118 Å². The van der Waals surface area contributed by atoms with Gasteiger partial charge in [-0.25, -0.2) is 4.39 Å². The molecule has 1 aliphatic carbocycles. The van der Waals surface area contributed by atoms with Crippen LogP contribution in [0.2, 0.25) is 0 Å². The largest absolute Gasteiger partial charge is 0.497 e. The number of hydrogen-bond acceptors (Lipinski definition) is 2. The zero-order valence-electron chi connectivity index (χ0n) is 11.5. The molecule has 0 heterocycles. The fourth-order valence-corrected chi connectivity index (χ4v) is 2.29. The average Bonchev–Trinajstić information content (AvgIpc) is 3.32. The molecule has 1 saturated carbocycles. The predicted molar refractivity (Wildman–Crippen MR) is 78.7 cm³/mol.